The molecule has 0 amide bonds. The molecule has 1 aliphatic heterocycles. The van der Waals surface area contributed by atoms with Gasteiger partial charge in [-0.15, -0.1) is 0 Å². The average Bonchev–Trinajstić information content (AvgIpc) is 1.77. The lowest BCUT2D eigenvalue weighted by atomic mass is 9.89. The van der Waals surface area contributed by atoms with Gasteiger partial charge in [0.25, 0.3) is 5.91 Å². The highest BCUT2D eigenvalue weighted by molar-refractivity contribution is 4.94. The number of aliphatic hydroxyl groups is 2. The van der Waals surface area contributed by atoms with Crippen LogP contribution in [0.4, 0.5) is 0 Å². The maximum Gasteiger partial charge on any atom is 0.256 e. The molecule has 0 aromatic rings. The Labute approximate surface area is 60.0 Å². The molecule has 0 spiro atoms. The summed E-state index contributed by atoms with van der Waals surface area (Å²) in [4.78, 5) is 0. The minimum atomic E-state index is -2.02. The number of hydrogen-bond donors (Lipinski definition) is 3. The molecule has 1 atom stereocenters. The van der Waals surface area contributed by atoms with Crippen LogP contribution in [0.5, 0.6) is 0 Å². The highest BCUT2D eigenvalue weighted by Gasteiger charge is 2.45. The zero-order chi connectivity index (χ0) is 7.83. The largest absolute Gasteiger partial charge is 0.351 e. The summed E-state index contributed by atoms with van der Waals surface area (Å²) in [5, 5.41) is 21.9. The molecule has 1 saturated heterocycles. The van der Waals surface area contributed by atoms with Crippen molar-refractivity contribution in [3.63, 3.8) is 0 Å². The van der Waals surface area contributed by atoms with Gasteiger partial charge in [0.2, 0.25) is 0 Å². The molecule has 1 heterocycles. The Morgan fingerprint density at radius 2 is 2.10 bits per heavy atom. The second kappa shape index (κ2) is 2.17. The summed E-state index contributed by atoms with van der Waals surface area (Å²) in [6, 6.07) is 0. The van der Waals surface area contributed by atoms with Gasteiger partial charge in [0.1, 0.15) is 0 Å². The second-order valence-corrected chi connectivity index (χ2v) is 3.04. The van der Waals surface area contributed by atoms with Gasteiger partial charge < -0.3 is 15.9 Å². The van der Waals surface area contributed by atoms with Gasteiger partial charge >= 0.3 is 0 Å². The van der Waals surface area contributed by atoms with Crippen molar-refractivity contribution in [3.05, 3.63) is 0 Å². The molecular formula is C6H13N2O2. The molecule has 0 aromatic heterocycles. The molecule has 1 radical (unpaired) electrons. The third-order valence-electron chi connectivity index (χ3n) is 1.95. The van der Waals surface area contributed by atoms with E-state index in [1.807, 2.05) is 0 Å². The summed E-state index contributed by atoms with van der Waals surface area (Å²) in [6.45, 7) is 2.08. The highest BCUT2D eigenvalue weighted by atomic mass is 16.5. The van der Waals surface area contributed by atoms with Crippen LogP contribution in [0.15, 0.2) is 0 Å². The molecule has 0 bridgehead atoms. The van der Waals surface area contributed by atoms with Crippen LogP contribution in [0.25, 0.3) is 0 Å². The molecule has 1 aliphatic rings. The Kier molecular flexibility index (Phi) is 1.72. The first-order valence-corrected chi connectivity index (χ1v) is 3.38. The first-order valence-electron chi connectivity index (χ1n) is 3.38. The maximum absolute atomic E-state index is 9.17. The van der Waals surface area contributed by atoms with E-state index >= 15 is 0 Å². The van der Waals surface area contributed by atoms with E-state index in [-0.39, 0.29) is 0 Å². The lowest BCUT2D eigenvalue weighted by Gasteiger charge is -2.40. The highest BCUT2D eigenvalue weighted by Crippen LogP contribution is 2.24. The topological polar surface area (TPSA) is 80.6 Å². The smallest absolute Gasteiger partial charge is 0.256 e. The van der Waals surface area contributed by atoms with Gasteiger partial charge in [-0.2, -0.15) is 5.32 Å². The lowest BCUT2D eigenvalue weighted by Crippen LogP contribution is -2.66. The Balaban J connectivity index is 2.70. The van der Waals surface area contributed by atoms with Crippen molar-refractivity contribution >= 4 is 0 Å². The molecule has 4 N–H and O–H groups in total. The normalized spacial score (nSPS) is 39.6. The number of rotatable bonds is 0. The van der Waals surface area contributed by atoms with E-state index in [1.54, 1.807) is 6.92 Å². The van der Waals surface area contributed by atoms with Crippen LogP contribution in [-0.4, -0.2) is 28.2 Å². The first-order chi connectivity index (χ1) is 4.46. The number of hydrogen-bond acceptors (Lipinski definition) is 3. The van der Waals surface area contributed by atoms with Crippen LogP contribution in [0.3, 0.4) is 0 Å². The van der Waals surface area contributed by atoms with Crippen molar-refractivity contribution in [2.45, 2.75) is 31.2 Å². The van der Waals surface area contributed by atoms with Gasteiger partial charge in [0.15, 0.2) is 0 Å². The number of nitrogens with zero attached hydrogens (tertiary/aromatic N) is 1. The number of piperidine rings is 1. The van der Waals surface area contributed by atoms with E-state index in [2.05, 4.69) is 5.32 Å². The van der Waals surface area contributed by atoms with Crippen LogP contribution in [-0.2, 0) is 0 Å². The summed E-state index contributed by atoms with van der Waals surface area (Å²) in [6.07, 6.45) is 1.43. The monoisotopic (exact) mass is 145 g/mol. The second-order valence-electron chi connectivity index (χ2n) is 3.04. The van der Waals surface area contributed by atoms with Crippen LogP contribution in [0.1, 0.15) is 19.8 Å². The predicted octanol–water partition coefficient (Wildman–Crippen LogP) is -1.26. The van der Waals surface area contributed by atoms with Crippen molar-refractivity contribution in [2.75, 3.05) is 6.54 Å². The van der Waals surface area contributed by atoms with E-state index in [4.69, 9.17) is 15.9 Å². The molecule has 1 rings (SSSR count). The van der Waals surface area contributed by atoms with Crippen LogP contribution in [0, 0.1) is 0 Å². The Bertz CT molecular complexity index is 118. The Hall–Kier alpha value is -0.160. The summed E-state index contributed by atoms with van der Waals surface area (Å²) >= 11 is 0. The van der Waals surface area contributed by atoms with E-state index in [0.717, 1.165) is 6.42 Å². The molecule has 4 heteroatoms. The first kappa shape index (κ1) is 7.94. The van der Waals surface area contributed by atoms with E-state index in [0.29, 0.717) is 13.0 Å². The van der Waals surface area contributed by atoms with E-state index in [1.165, 1.54) is 0 Å². The quantitative estimate of drug-likeness (QED) is 0.372. The fourth-order valence-corrected chi connectivity index (χ4v) is 1.03. The fraction of sp³-hybridized carbons (Fsp3) is 1.00. The zero-order valence-electron chi connectivity index (χ0n) is 6.04. The average molecular weight is 145 g/mol. The molecule has 0 saturated carbocycles. The lowest BCUT2D eigenvalue weighted by molar-refractivity contribution is -0.241. The van der Waals surface area contributed by atoms with Crippen molar-refractivity contribution in [2.24, 2.45) is 5.73 Å². The summed E-state index contributed by atoms with van der Waals surface area (Å²) in [5.74, 6) is -2.02. The third kappa shape index (κ3) is 1.15. The minimum Gasteiger partial charge on any atom is -0.351 e. The minimum absolute atomic E-state index is 0.486. The van der Waals surface area contributed by atoms with Gasteiger partial charge in [-0.3, -0.25) is 0 Å². The SMILES string of the molecule is CC1(N)CCC[N]C1(O)O. The van der Waals surface area contributed by atoms with Crippen LogP contribution < -0.4 is 11.1 Å². The maximum atomic E-state index is 9.17. The third-order valence-corrected chi connectivity index (χ3v) is 1.95. The van der Waals surface area contributed by atoms with E-state index in [9.17, 15) is 0 Å². The van der Waals surface area contributed by atoms with Gasteiger partial charge in [-0.05, 0) is 19.8 Å². The molecule has 1 fully saturated rings. The van der Waals surface area contributed by atoms with Gasteiger partial charge in [0.05, 0.1) is 5.54 Å². The molecule has 59 valence electrons. The van der Waals surface area contributed by atoms with Crippen molar-refractivity contribution in [1.82, 2.24) is 5.32 Å². The Morgan fingerprint density at radius 1 is 1.50 bits per heavy atom. The molecule has 1 unspecified atom stereocenters. The van der Waals surface area contributed by atoms with Crippen molar-refractivity contribution in [3.8, 4) is 0 Å². The standard InChI is InChI=1S/C6H13N2O2/c1-5(7)3-2-4-8-6(5,9)10/h9-10H,2-4,7H2,1H3. The predicted molar refractivity (Wildman–Crippen MR) is 36.0 cm³/mol. The molecule has 10 heavy (non-hydrogen) atoms. The van der Waals surface area contributed by atoms with E-state index < -0.39 is 11.4 Å². The van der Waals surface area contributed by atoms with Gasteiger partial charge in [-0.1, -0.05) is 0 Å². The molecule has 0 aliphatic carbocycles. The number of nitrogens with two attached hydrogens (primary N) is 1. The van der Waals surface area contributed by atoms with Gasteiger partial charge in [-0.25, -0.2) is 0 Å². The van der Waals surface area contributed by atoms with Crippen molar-refractivity contribution < 1.29 is 10.2 Å². The summed E-state index contributed by atoms with van der Waals surface area (Å²) in [7, 11) is 0. The summed E-state index contributed by atoms with van der Waals surface area (Å²) < 4.78 is 0. The zero-order valence-corrected chi connectivity index (χ0v) is 6.04. The van der Waals surface area contributed by atoms with Crippen LogP contribution >= 0.6 is 0 Å². The molecule has 0 aromatic carbocycles. The van der Waals surface area contributed by atoms with Crippen molar-refractivity contribution in [1.29, 1.82) is 0 Å². The van der Waals surface area contributed by atoms with Gasteiger partial charge in [0, 0.05) is 6.54 Å². The summed E-state index contributed by atoms with van der Waals surface area (Å²) in [5.41, 5.74) is 4.58. The molecular weight excluding hydrogens is 132 g/mol. The molecule has 4 nitrogen and oxygen atoms in total. The van der Waals surface area contributed by atoms with Crippen LogP contribution in [0.2, 0.25) is 0 Å². The fourth-order valence-electron chi connectivity index (χ4n) is 1.03. The Morgan fingerprint density at radius 3 is 2.40 bits per heavy atom.